The molecule has 0 aliphatic rings. The second-order valence-electron chi connectivity index (χ2n) is 4.24. The highest BCUT2D eigenvalue weighted by Crippen LogP contribution is 2.26. The minimum Gasteiger partial charge on any atom is -0.394 e. The van der Waals surface area contributed by atoms with E-state index in [1.54, 1.807) is 11.8 Å². The number of aromatic nitrogens is 2. The second kappa shape index (κ2) is 4.96. The minimum absolute atomic E-state index is 0.167. The van der Waals surface area contributed by atoms with Crippen molar-refractivity contribution in [3.63, 3.8) is 0 Å². The van der Waals surface area contributed by atoms with Gasteiger partial charge in [-0.2, -0.15) is 4.98 Å². The van der Waals surface area contributed by atoms with Crippen molar-refractivity contribution >= 4 is 11.8 Å². The monoisotopic (exact) mass is 231 g/mol. The van der Waals surface area contributed by atoms with Crippen LogP contribution in [0.15, 0.2) is 4.52 Å². The van der Waals surface area contributed by atoms with Crippen LogP contribution in [-0.4, -0.2) is 26.6 Å². The van der Waals surface area contributed by atoms with Gasteiger partial charge in [-0.25, -0.2) is 0 Å². The van der Waals surface area contributed by atoms with E-state index in [-0.39, 0.29) is 11.4 Å². The van der Waals surface area contributed by atoms with Crippen molar-refractivity contribution in [1.82, 2.24) is 10.1 Å². The largest absolute Gasteiger partial charge is 0.394 e. The van der Waals surface area contributed by atoms with E-state index in [1.165, 1.54) is 0 Å². The van der Waals surface area contributed by atoms with Gasteiger partial charge in [-0.1, -0.05) is 25.9 Å². The fourth-order valence-corrected chi connectivity index (χ4v) is 1.52. The molecule has 0 aliphatic carbocycles. The van der Waals surface area contributed by atoms with E-state index in [4.69, 9.17) is 15.4 Å². The first-order chi connectivity index (χ1) is 6.92. The summed E-state index contributed by atoms with van der Waals surface area (Å²) in [5.41, 5.74) is 5.54. The quantitative estimate of drug-likeness (QED) is 0.807. The predicted molar refractivity (Wildman–Crippen MR) is 59.4 cm³/mol. The normalized spacial score (nSPS) is 14.2. The van der Waals surface area contributed by atoms with Crippen molar-refractivity contribution in [2.75, 3.05) is 6.61 Å². The van der Waals surface area contributed by atoms with E-state index in [0.717, 1.165) is 0 Å². The molecule has 15 heavy (non-hydrogen) atoms. The summed E-state index contributed by atoms with van der Waals surface area (Å²) in [5.74, 6) is 1.60. The van der Waals surface area contributed by atoms with Crippen LogP contribution in [0.4, 0.5) is 0 Å². The van der Waals surface area contributed by atoms with Gasteiger partial charge in [0.2, 0.25) is 5.89 Å². The summed E-state index contributed by atoms with van der Waals surface area (Å²) in [6, 6.07) is -0.578. The molecule has 1 rings (SSSR count). The summed E-state index contributed by atoms with van der Waals surface area (Å²) in [5, 5.41) is 12.6. The highest BCUT2D eigenvalue weighted by atomic mass is 32.2. The number of aliphatic hydroxyl groups excluding tert-OH is 1. The van der Waals surface area contributed by atoms with Gasteiger partial charge in [0.05, 0.1) is 12.4 Å². The van der Waals surface area contributed by atoms with Crippen LogP contribution in [0.1, 0.15) is 38.5 Å². The minimum atomic E-state index is -0.578. The molecule has 0 spiro atoms. The molecule has 3 N–H and O–H groups in total. The number of hydrogen-bond donors (Lipinski definition) is 2. The third-order valence-corrected chi connectivity index (χ3v) is 2.90. The predicted octanol–water partition coefficient (Wildman–Crippen LogP) is 1.09. The molecule has 0 unspecified atom stereocenters. The van der Waals surface area contributed by atoms with Gasteiger partial charge in [0.15, 0.2) is 5.82 Å². The first kappa shape index (κ1) is 12.5. The Kier molecular flexibility index (Phi) is 4.12. The summed E-state index contributed by atoms with van der Waals surface area (Å²) in [7, 11) is 0. The van der Waals surface area contributed by atoms with Crippen molar-refractivity contribution in [2.45, 2.75) is 37.3 Å². The molecule has 1 atom stereocenters. The van der Waals surface area contributed by atoms with Crippen molar-refractivity contribution in [3.8, 4) is 0 Å². The number of aliphatic hydroxyl groups is 1. The van der Waals surface area contributed by atoms with Crippen LogP contribution in [0.2, 0.25) is 0 Å². The van der Waals surface area contributed by atoms with Crippen molar-refractivity contribution in [3.05, 3.63) is 11.7 Å². The first-order valence-electron chi connectivity index (χ1n) is 4.75. The Labute approximate surface area is 93.4 Å². The maximum atomic E-state index is 8.80. The summed E-state index contributed by atoms with van der Waals surface area (Å²) in [4.78, 5) is 4.10. The summed E-state index contributed by atoms with van der Waals surface area (Å²) >= 11 is 1.73. The van der Waals surface area contributed by atoms with E-state index < -0.39 is 6.04 Å². The molecule has 0 bridgehead atoms. The van der Waals surface area contributed by atoms with Crippen LogP contribution in [0.5, 0.6) is 0 Å². The molecule has 0 aliphatic heterocycles. The summed E-state index contributed by atoms with van der Waals surface area (Å²) < 4.78 is 5.09. The van der Waals surface area contributed by atoms with Crippen LogP contribution in [0, 0.1) is 0 Å². The lowest BCUT2D eigenvalue weighted by atomic mass is 10.3. The molecule has 0 amide bonds. The molecule has 0 aromatic carbocycles. The van der Waals surface area contributed by atoms with Gasteiger partial charge < -0.3 is 15.4 Å². The molecular weight excluding hydrogens is 214 g/mol. The Bertz CT molecular complexity index is 309. The van der Waals surface area contributed by atoms with Gasteiger partial charge in [-0.3, -0.25) is 0 Å². The van der Waals surface area contributed by atoms with Crippen molar-refractivity contribution < 1.29 is 9.63 Å². The smallest absolute Gasteiger partial charge is 0.245 e. The number of thioether (sulfide) groups is 1. The topological polar surface area (TPSA) is 85.2 Å². The maximum absolute atomic E-state index is 8.80. The first-order valence-corrected chi connectivity index (χ1v) is 5.74. The van der Waals surface area contributed by atoms with E-state index in [0.29, 0.717) is 17.5 Å². The number of nitrogens with two attached hydrogens (primary N) is 1. The highest BCUT2D eigenvalue weighted by Gasteiger charge is 2.16. The zero-order chi connectivity index (χ0) is 11.5. The highest BCUT2D eigenvalue weighted by molar-refractivity contribution is 7.99. The molecule has 86 valence electrons. The van der Waals surface area contributed by atoms with E-state index >= 15 is 0 Å². The molecule has 1 aromatic rings. The fraction of sp³-hybridized carbons (Fsp3) is 0.778. The molecule has 1 aromatic heterocycles. The van der Waals surface area contributed by atoms with E-state index in [2.05, 4.69) is 30.9 Å². The van der Waals surface area contributed by atoms with Gasteiger partial charge in [0.1, 0.15) is 6.04 Å². The van der Waals surface area contributed by atoms with Crippen LogP contribution in [0.3, 0.4) is 0 Å². The molecule has 5 nitrogen and oxygen atoms in total. The lowest BCUT2D eigenvalue weighted by Gasteiger charge is -2.15. The average Bonchev–Trinajstić information content (AvgIpc) is 2.61. The average molecular weight is 231 g/mol. The molecule has 0 radical (unpaired) electrons. The molecule has 6 heteroatoms. The molecule has 0 saturated heterocycles. The van der Waals surface area contributed by atoms with Crippen molar-refractivity contribution in [1.29, 1.82) is 0 Å². The Morgan fingerprint density at radius 3 is 2.73 bits per heavy atom. The van der Waals surface area contributed by atoms with Crippen LogP contribution in [-0.2, 0) is 5.75 Å². The third kappa shape index (κ3) is 4.19. The Morgan fingerprint density at radius 1 is 1.53 bits per heavy atom. The molecular formula is C9H17N3O2S. The SMILES string of the molecule is CC(C)(C)SCc1noc([C@H](N)CO)n1. The van der Waals surface area contributed by atoms with Gasteiger partial charge in [0.25, 0.3) is 0 Å². The number of rotatable bonds is 4. The number of hydrogen-bond acceptors (Lipinski definition) is 6. The second-order valence-corrected chi connectivity index (χ2v) is 6.04. The van der Waals surface area contributed by atoms with Gasteiger partial charge in [0, 0.05) is 4.75 Å². The zero-order valence-corrected chi connectivity index (χ0v) is 10.0. The van der Waals surface area contributed by atoms with E-state index in [1.807, 2.05) is 0 Å². The molecule has 0 saturated carbocycles. The maximum Gasteiger partial charge on any atom is 0.245 e. The van der Waals surface area contributed by atoms with Gasteiger partial charge >= 0.3 is 0 Å². The standard InChI is InChI=1S/C9H17N3O2S/c1-9(2,3)15-5-7-11-8(14-12-7)6(10)4-13/h6,13H,4-5,10H2,1-3H3/t6-/m1/s1. The summed E-state index contributed by atoms with van der Waals surface area (Å²) in [6.07, 6.45) is 0. The third-order valence-electron chi connectivity index (χ3n) is 1.63. The summed E-state index contributed by atoms with van der Waals surface area (Å²) in [6.45, 7) is 6.18. The van der Waals surface area contributed by atoms with Crippen LogP contribution in [0.25, 0.3) is 0 Å². The molecule has 1 heterocycles. The van der Waals surface area contributed by atoms with Crippen LogP contribution < -0.4 is 5.73 Å². The lowest BCUT2D eigenvalue weighted by Crippen LogP contribution is -2.14. The van der Waals surface area contributed by atoms with Gasteiger partial charge in [-0.15, -0.1) is 11.8 Å². The van der Waals surface area contributed by atoms with Crippen molar-refractivity contribution in [2.24, 2.45) is 5.73 Å². The molecule has 0 fully saturated rings. The Balaban J connectivity index is 2.53. The zero-order valence-electron chi connectivity index (χ0n) is 9.23. The Morgan fingerprint density at radius 2 is 2.20 bits per heavy atom. The van der Waals surface area contributed by atoms with Crippen LogP contribution >= 0.6 is 11.8 Å². The van der Waals surface area contributed by atoms with Gasteiger partial charge in [-0.05, 0) is 0 Å². The lowest BCUT2D eigenvalue weighted by molar-refractivity contribution is 0.236. The number of nitrogens with zero attached hydrogens (tertiary/aromatic N) is 2. The Hall–Kier alpha value is -0.590. The fourth-order valence-electron chi connectivity index (χ4n) is 0.836. The van der Waals surface area contributed by atoms with E-state index in [9.17, 15) is 0 Å².